The molecule has 0 aromatic heterocycles. The lowest BCUT2D eigenvalue weighted by Crippen LogP contribution is -2.18. The van der Waals surface area contributed by atoms with Crippen molar-refractivity contribution in [2.75, 3.05) is 0 Å². The molecular formula is C6H7NO3. The summed E-state index contributed by atoms with van der Waals surface area (Å²) >= 11 is 0. The van der Waals surface area contributed by atoms with Crippen LogP contribution in [0, 0.1) is 0 Å². The van der Waals surface area contributed by atoms with E-state index >= 15 is 0 Å². The third-order valence-corrected chi connectivity index (χ3v) is 1.07. The van der Waals surface area contributed by atoms with Crippen LogP contribution in [0.5, 0.6) is 0 Å². The first-order valence-electron chi connectivity index (χ1n) is 2.72. The van der Waals surface area contributed by atoms with Gasteiger partial charge in [0.25, 0.3) is 0 Å². The zero-order valence-corrected chi connectivity index (χ0v) is 5.15. The molecule has 0 bridgehead atoms. The predicted molar refractivity (Wildman–Crippen MR) is 33.5 cm³/mol. The number of aliphatic hydroxyl groups excluding tert-OH is 1. The maximum atomic E-state index is 10.4. The zero-order chi connectivity index (χ0) is 7.56. The molecule has 0 radical (unpaired) electrons. The Hall–Kier alpha value is -1.29. The van der Waals surface area contributed by atoms with Gasteiger partial charge in [-0.25, -0.2) is 0 Å². The summed E-state index contributed by atoms with van der Waals surface area (Å²) in [5.41, 5.74) is 5.17. The van der Waals surface area contributed by atoms with Crippen LogP contribution in [0.25, 0.3) is 0 Å². The fourth-order valence-corrected chi connectivity index (χ4v) is 0.606. The molecule has 0 saturated heterocycles. The first-order chi connectivity index (χ1) is 4.70. The number of primary amides is 1. The summed E-state index contributed by atoms with van der Waals surface area (Å²) in [6.07, 6.45) is 2.81. The molecule has 54 valence electrons. The van der Waals surface area contributed by atoms with Gasteiger partial charge in [0.1, 0.15) is 0 Å². The van der Waals surface area contributed by atoms with Gasteiger partial charge in [-0.05, 0) is 12.2 Å². The molecule has 1 rings (SSSR count). The van der Waals surface area contributed by atoms with E-state index in [9.17, 15) is 4.79 Å². The second-order valence-electron chi connectivity index (χ2n) is 1.82. The van der Waals surface area contributed by atoms with E-state index in [1.54, 1.807) is 0 Å². The monoisotopic (exact) mass is 141 g/mol. The Bertz CT molecular complexity index is 207. The molecule has 3 N–H and O–H groups in total. The Balaban J connectivity index is 2.76. The molecule has 1 unspecified atom stereocenters. The molecule has 1 aliphatic rings. The third kappa shape index (κ3) is 1.35. The first-order valence-corrected chi connectivity index (χ1v) is 2.72. The van der Waals surface area contributed by atoms with Gasteiger partial charge in [0.2, 0.25) is 12.2 Å². The molecule has 0 fully saturated rings. The van der Waals surface area contributed by atoms with E-state index in [0.29, 0.717) is 0 Å². The smallest absolute Gasteiger partial charge is 0.248 e. The van der Waals surface area contributed by atoms with E-state index in [4.69, 9.17) is 10.8 Å². The number of aliphatic hydroxyl groups is 1. The molecule has 1 amide bonds. The van der Waals surface area contributed by atoms with Crippen LogP contribution >= 0.6 is 0 Å². The highest BCUT2D eigenvalue weighted by molar-refractivity contribution is 5.94. The molecular weight excluding hydrogens is 134 g/mol. The highest BCUT2D eigenvalue weighted by atomic mass is 16.6. The fraction of sp³-hybridized carbons (Fsp3) is 0.167. The van der Waals surface area contributed by atoms with Crippen LogP contribution < -0.4 is 5.73 Å². The Morgan fingerprint density at radius 2 is 2.50 bits per heavy atom. The van der Waals surface area contributed by atoms with Crippen molar-refractivity contribution in [2.45, 2.75) is 6.29 Å². The molecule has 0 saturated carbocycles. The predicted octanol–water partition coefficient (Wildman–Crippen LogP) is -0.740. The molecule has 0 spiro atoms. The second-order valence-corrected chi connectivity index (χ2v) is 1.82. The van der Waals surface area contributed by atoms with E-state index in [1.165, 1.54) is 18.4 Å². The van der Waals surface area contributed by atoms with E-state index in [1.807, 2.05) is 0 Å². The summed E-state index contributed by atoms with van der Waals surface area (Å²) in [7, 11) is 0. The number of hydrogen-bond acceptors (Lipinski definition) is 3. The third-order valence-electron chi connectivity index (χ3n) is 1.07. The molecule has 1 heterocycles. The average Bonchev–Trinajstić information content (AvgIpc) is 1.88. The van der Waals surface area contributed by atoms with Gasteiger partial charge in [0.15, 0.2) is 0 Å². The lowest BCUT2D eigenvalue weighted by molar-refractivity contribution is -0.114. The first kappa shape index (κ1) is 6.82. The Morgan fingerprint density at radius 1 is 1.80 bits per heavy atom. The van der Waals surface area contributed by atoms with Crippen LogP contribution in [-0.2, 0) is 9.53 Å². The van der Waals surface area contributed by atoms with Crippen LogP contribution in [-0.4, -0.2) is 17.3 Å². The minimum Gasteiger partial charge on any atom is -0.469 e. The van der Waals surface area contributed by atoms with Gasteiger partial charge in [0, 0.05) is 5.57 Å². The summed E-state index contributed by atoms with van der Waals surface area (Å²) < 4.78 is 4.55. The van der Waals surface area contributed by atoms with E-state index in [-0.39, 0.29) is 5.57 Å². The quantitative estimate of drug-likeness (QED) is 0.505. The summed E-state index contributed by atoms with van der Waals surface area (Å²) in [5.74, 6) is -0.571. The number of hydrogen-bond donors (Lipinski definition) is 2. The van der Waals surface area contributed by atoms with E-state index < -0.39 is 12.2 Å². The SMILES string of the molecule is NC(=O)C1=CC(O)OC=C1. The van der Waals surface area contributed by atoms with Crippen molar-refractivity contribution in [1.82, 2.24) is 0 Å². The molecule has 10 heavy (non-hydrogen) atoms. The Morgan fingerprint density at radius 3 is 2.90 bits per heavy atom. The molecule has 1 aliphatic heterocycles. The van der Waals surface area contributed by atoms with Crippen LogP contribution in [0.15, 0.2) is 24.0 Å². The number of nitrogens with two attached hydrogens (primary N) is 1. The Kier molecular flexibility index (Phi) is 1.73. The van der Waals surface area contributed by atoms with Gasteiger partial charge in [-0.15, -0.1) is 0 Å². The van der Waals surface area contributed by atoms with Crippen LogP contribution in [0.4, 0.5) is 0 Å². The van der Waals surface area contributed by atoms with Crippen molar-refractivity contribution in [3.05, 3.63) is 24.0 Å². The Labute approximate surface area is 57.6 Å². The topological polar surface area (TPSA) is 72.6 Å². The average molecular weight is 141 g/mol. The molecule has 4 nitrogen and oxygen atoms in total. The fourth-order valence-electron chi connectivity index (χ4n) is 0.606. The zero-order valence-electron chi connectivity index (χ0n) is 5.15. The van der Waals surface area contributed by atoms with Gasteiger partial charge in [0.05, 0.1) is 6.26 Å². The normalized spacial score (nSPS) is 23.3. The minimum atomic E-state index is -1.05. The number of carbonyl (C=O) groups excluding carboxylic acids is 1. The van der Waals surface area contributed by atoms with Crippen molar-refractivity contribution in [3.8, 4) is 0 Å². The van der Waals surface area contributed by atoms with Crippen molar-refractivity contribution in [2.24, 2.45) is 5.73 Å². The standard InChI is InChI=1S/C6H7NO3/c7-6(9)4-1-2-10-5(8)3-4/h1-3,5,8H,(H2,7,9). The molecule has 0 aromatic rings. The highest BCUT2D eigenvalue weighted by Gasteiger charge is 2.09. The van der Waals surface area contributed by atoms with Gasteiger partial charge in [-0.3, -0.25) is 4.79 Å². The lowest BCUT2D eigenvalue weighted by Gasteiger charge is -2.10. The number of amides is 1. The second kappa shape index (κ2) is 2.53. The van der Waals surface area contributed by atoms with Gasteiger partial charge in [-0.1, -0.05) is 0 Å². The number of rotatable bonds is 1. The molecule has 4 heteroatoms. The van der Waals surface area contributed by atoms with Crippen LogP contribution in [0.1, 0.15) is 0 Å². The highest BCUT2D eigenvalue weighted by Crippen LogP contribution is 2.06. The summed E-state index contributed by atoms with van der Waals surface area (Å²) in [4.78, 5) is 10.4. The van der Waals surface area contributed by atoms with Crippen LogP contribution in [0.3, 0.4) is 0 Å². The van der Waals surface area contributed by atoms with Crippen molar-refractivity contribution in [3.63, 3.8) is 0 Å². The minimum absolute atomic E-state index is 0.263. The summed E-state index contributed by atoms with van der Waals surface area (Å²) in [5, 5.41) is 8.77. The van der Waals surface area contributed by atoms with Crippen LogP contribution in [0.2, 0.25) is 0 Å². The number of ether oxygens (including phenoxy) is 1. The summed E-state index contributed by atoms with van der Waals surface area (Å²) in [6.45, 7) is 0. The van der Waals surface area contributed by atoms with Crippen molar-refractivity contribution < 1.29 is 14.6 Å². The maximum absolute atomic E-state index is 10.4. The van der Waals surface area contributed by atoms with Gasteiger partial charge in [-0.2, -0.15) is 0 Å². The van der Waals surface area contributed by atoms with Crippen molar-refractivity contribution in [1.29, 1.82) is 0 Å². The van der Waals surface area contributed by atoms with E-state index in [2.05, 4.69) is 4.74 Å². The molecule has 0 aromatic carbocycles. The van der Waals surface area contributed by atoms with Gasteiger partial charge < -0.3 is 15.6 Å². The maximum Gasteiger partial charge on any atom is 0.248 e. The van der Waals surface area contributed by atoms with E-state index in [0.717, 1.165) is 0 Å². The number of carbonyl (C=O) groups is 1. The summed E-state index contributed by atoms with van der Waals surface area (Å²) in [6, 6.07) is 0. The van der Waals surface area contributed by atoms with Crippen molar-refractivity contribution >= 4 is 5.91 Å². The molecule has 1 atom stereocenters. The molecule has 0 aliphatic carbocycles. The largest absolute Gasteiger partial charge is 0.469 e. The van der Waals surface area contributed by atoms with Gasteiger partial charge >= 0.3 is 0 Å². The lowest BCUT2D eigenvalue weighted by atomic mass is 10.2.